The van der Waals surface area contributed by atoms with Crippen LogP contribution in [0.2, 0.25) is 0 Å². The van der Waals surface area contributed by atoms with Crippen molar-refractivity contribution in [1.29, 1.82) is 0 Å². The average molecular weight is 268 g/mol. The van der Waals surface area contributed by atoms with E-state index in [0.29, 0.717) is 11.2 Å². The molecule has 4 heteroatoms. The van der Waals surface area contributed by atoms with E-state index in [1.54, 1.807) is 4.88 Å². The fourth-order valence-electron chi connectivity index (χ4n) is 2.88. The number of aromatic nitrogens is 1. The van der Waals surface area contributed by atoms with Gasteiger partial charge in [-0.2, -0.15) is 11.8 Å². The lowest BCUT2D eigenvalue weighted by Gasteiger charge is -2.20. The monoisotopic (exact) mass is 268 g/mol. The Labute approximate surface area is 112 Å². The van der Waals surface area contributed by atoms with Crippen LogP contribution in [0.3, 0.4) is 0 Å². The summed E-state index contributed by atoms with van der Waals surface area (Å²) in [4.78, 5) is 6.57. The van der Waals surface area contributed by atoms with E-state index in [1.807, 2.05) is 18.4 Å². The van der Waals surface area contributed by atoms with Crippen molar-refractivity contribution in [1.82, 2.24) is 10.3 Å². The Balaban J connectivity index is 1.84. The molecular formula is C13H20N2S2. The van der Waals surface area contributed by atoms with Crippen LogP contribution >= 0.6 is 23.1 Å². The molecule has 2 nitrogen and oxygen atoms in total. The highest BCUT2D eigenvalue weighted by atomic mass is 32.2. The van der Waals surface area contributed by atoms with Gasteiger partial charge < -0.3 is 5.32 Å². The molecule has 0 radical (unpaired) electrons. The summed E-state index contributed by atoms with van der Waals surface area (Å²) in [6, 6.07) is 0. The van der Waals surface area contributed by atoms with Gasteiger partial charge in [0.1, 0.15) is 5.01 Å². The number of nitrogens with zero attached hydrogens (tertiary/aromatic N) is 1. The molecule has 1 aromatic heterocycles. The second-order valence-corrected chi connectivity index (χ2v) is 7.43. The van der Waals surface area contributed by atoms with Gasteiger partial charge in [0.05, 0.1) is 10.9 Å². The van der Waals surface area contributed by atoms with E-state index >= 15 is 0 Å². The Morgan fingerprint density at radius 3 is 3.06 bits per heavy atom. The third kappa shape index (κ3) is 2.40. The van der Waals surface area contributed by atoms with E-state index in [9.17, 15) is 0 Å². The van der Waals surface area contributed by atoms with Gasteiger partial charge >= 0.3 is 0 Å². The second kappa shape index (κ2) is 5.29. The molecule has 1 aliphatic heterocycles. The number of thioether (sulfide) groups is 1. The molecule has 0 bridgehead atoms. The molecule has 1 aromatic rings. The fraction of sp³-hybridized carbons (Fsp3) is 0.769. The van der Waals surface area contributed by atoms with Gasteiger partial charge in [-0.3, -0.25) is 0 Å². The zero-order valence-corrected chi connectivity index (χ0v) is 12.0. The predicted octanol–water partition coefficient (Wildman–Crippen LogP) is 3.35. The van der Waals surface area contributed by atoms with Gasteiger partial charge in [-0.05, 0) is 44.9 Å². The summed E-state index contributed by atoms with van der Waals surface area (Å²) in [5.41, 5.74) is 1.43. The molecule has 2 heterocycles. The van der Waals surface area contributed by atoms with Gasteiger partial charge in [0, 0.05) is 17.3 Å². The largest absolute Gasteiger partial charge is 0.319 e. The summed E-state index contributed by atoms with van der Waals surface area (Å²) >= 11 is 4.11. The summed E-state index contributed by atoms with van der Waals surface area (Å²) in [5.74, 6) is 2.00. The molecule has 1 N–H and O–H groups in total. The van der Waals surface area contributed by atoms with Crippen molar-refractivity contribution in [2.45, 2.75) is 43.3 Å². The Bertz CT molecular complexity index is 383. The first-order valence-corrected chi connectivity index (χ1v) is 8.50. The van der Waals surface area contributed by atoms with E-state index in [0.717, 1.165) is 6.54 Å². The standard InChI is InChI=1S/C13H20N2S2/c1-14-8-9-4-2-5-10-12(9)15-13(17-10)11-6-3-7-16-11/h9,11,14H,2-8H2,1H3. The first-order valence-electron chi connectivity index (χ1n) is 6.64. The van der Waals surface area contributed by atoms with Crippen LogP contribution in [0, 0.1) is 0 Å². The van der Waals surface area contributed by atoms with Gasteiger partial charge in [-0.15, -0.1) is 11.3 Å². The van der Waals surface area contributed by atoms with Gasteiger partial charge in [-0.25, -0.2) is 4.98 Å². The number of hydrogen-bond donors (Lipinski definition) is 1. The molecule has 1 saturated heterocycles. The number of rotatable bonds is 3. The molecule has 17 heavy (non-hydrogen) atoms. The van der Waals surface area contributed by atoms with E-state index in [-0.39, 0.29) is 0 Å². The third-order valence-corrected chi connectivity index (χ3v) is 6.52. The molecule has 1 aliphatic carbocycles. The van der Waals surface area contributed by atoms with Crippen LogP contribution in [-0.4, -0.2) is 24.3 Å². The molecule has 1 fully saturated rings. The SMILES string of the molecule is CNCC1CCCc2sc(C3CCCS3)nc21. The first kappa shape index (κ1) is 12.0. The van der Waals surface area contributed by atoms with E-state index in [2.05, 4.69) is 17.1 Å². The fourth-order valence-corrected chi connectivity index (χ4v) is 5.59. The Morgan fingerprint density at radius 2 is 2.29 bits per heavy atom. The number of aryl methyl sites for hydroxylation is 1. The van der Waals surface area contributed by atoms with Crippen LogP contribution in [0.25, 0.3) is 0 Å². The molecule has 2 aliphatic rings. The van der Waals surface area contributed by atoms with Crippen molar-refractivity contribution in [3.8, 4) is 0 Å². The van der Waals surface area contributed by atoms with Crippen molar-refractivity contribution in [2.24, 2.45) is 0 Å². The normalized spacial score (nSPS) is 28.3. The summed E-state index contributed by atoms with van der Waals surface area (Å²) in [6.07, 6.45) is 6.64. The molecule has 0 saturated carbocycles. The Morgan fingerprint density at radius 1 is 1.35 bits per heavy atom. The number of nitrogens with one attached hydrogen (secondary N) is 1. The zero-order chi connectivity index (χ0) is 11.7. The van der Waals surface area contributed by atoms with Crippen LogP contribution < -0.4 is 5.32 Å². The van der Waals surface area contributed by atoms with Crippen LogP contribution in [-0.2, 0) is 6.42 Å². The van der Waals surface area contributed by atoms with Crippen molar-refractivity contribution < 1.29 is 0 Å². The summed E-state index contributed by atoms with van der Waals surface area (Å²) < 4.78 is 0. The number of likely N-dealkylation sites (N-methyl/N-ethyl adjacent to an activating group) is 1. The Hall–Kier alpha value is -0.0600. The molecule has 0 spiro atoms. The smallest absolute Gasteiger partial charge is 0.106 e. The van der Waals surface area contributed by atoms with Crippen LogP contribution in [0.15, 0.2) is 0 Å². The lowest BCUT2D eigenvalue weighted by molar-refractivity contribution is 0.521. The quantitative estimate of drug-likeness (QED) is 0.910. The minimum absolute atomic E-state index is 0.667. The zero-order valence-electron chi connectivity index (χ0n) is 10.4. The summed E-state index contributed by atoms with van der Waals surface area (Å²) in [7, 11) is 2.05. The maximum absolute atomic E-state index is 4.99. The number of fused-ring (bicyclic) bond motifs is 1. The van der Waals surface area contributed by atoms with E-state index < -0.39 is 0 Å². The average Bonchev–Trinajstić information content (AvgIpc) is 2.98. The molecule has 2 atom stereocenters. The molecule has 94 valence electrons. The molecule has 0 amide bonds. The highest BCUT2D eigenvalue weighted by Gasteiger charge is 2.28. The summed E-state index contributed by atoms with van der Waals surface area (Å²) in [5, 5.41) is 5.44. The first-order chi connectivity index (χ1) is 8.38. The third-order valence-electron chi connectivity index (χ3n) is 3.74. The van der Waals surface area contributed by atoms with Crippen LogP contribution in [0.4, 0.5) is 0 Å². The second-order valence-electron chi connectivity index (χ2n) is 5.01. The molecular weight excluding hydrogens is 248 g/mol. The van der Waals surface area contributed by atoms with Gasteiger partial charge in [0.15, 0.2) is 0 Å². The lowest BCUT2D eigenvalue weighted by atomic mass is 9.91. The van der Waals surface area contributed by atoms with Gasteiger partial charge in [-0.1, -0.05) is 0 Å². The molecule has 2 unspecified atom stereocenters. The maximum atomic E-state index is 4.99. The topological polar surface area (TPSA) is 24.9 Å². The highest BCUT2D eigenvalue weighted by Crippen LogP contribution is 2.44. The maximum Gasteiger partial charge on any atom is 0.106 e. The lowest BCUT2D eigenvalue weighted by Crippen LogP contribution is -2.21. The summed E-state index contributed by atoms with van der Waals surface area (Å²) in [6.45, 7) is 1.09. The minimum Gasteiger partial charge on any atom is -0.319 e. The van der Waals surface area contributed by atoms with Crippen molar-refractivity contribution in [2.75, 3.05) is 19.3 Å². The van der Waals surface area contributed by atoms with Crippen LogP contribution in [0.1, 0.15) is 52.4 Å². The minimum atomic E-state index is 0.667. The predicted molar refractivity (Wildman–Crippen MR) is 76.2 cm³/mol. The van der Waals surface area contributed by atoms with Crippen molar-refractivity contribution in [3.05, 3.63) is 15.6 Å². The van der Waals surface area contributed by atoms with Gasteiger partial charge in [0.25, 0.3) is 0 Å². The molecule has 0 aromatic carbocycles. The van der Waals surface area contributed by atoms with E-state index in [1.165, 1.54) is 48.6 Å². The van der Waals surface area contributed by atoms with Crippen molar-refractivity contribution >= 4 is 23.1 Å². The van der Waals surface area contributed by atoms with Crippen molar-refractivity contribution in [3.63, 3.8) is 0 Å². The highest BCUT2D eigenvalue weighted by molar-refractivity contribution is 7.99. The van der Waals surface area contributed by atoms with E-state index in [4.69, 9.17) is 4.98 Å². The van der Waals surface area contributed by atoms with Crippen LogP contribution in [0.5, 0.6) is 0 Å². The number of thiazole rings is 1. The molecule has 3 rings (SSSR count). The Kier molecular flexibility index (Phi) is 3.73. The number of hydrogen-bond acceptors (Lipinski definition) is 4. The van der Waals surface area contributed by atoms with Gasteiger partial charge in [0.2, 0.25) is 0 Å².